The Hall–Kier alpha value is -0.570. The summed E-state index contributed by atoms with van der Waals surface area (Å²) in [4.78, 5) is 11.0. The first-order valence-corrected chi connectivity index (χ1v) is 3.87. The zero-order valence-corrected chi connectivity index (χ0v) is 5.89. The molecule has 3 heterocycles. The molecule has 0 saturated carbocycles. The van der Waals surface area contributed by atoms with Gasteiger partial charge in [0.15, 0.2) is 0 Å². The second-order valence-electron chi connectivity index (χ2n) is 3.15. The van der Waals surface area contributed by atoms with E-state index in [0.717, 1.165) is 19.4 Å². The molecular formula is C7H12N2O. The van der Waals surface area contributed by atoms with Gasteiger partial charge in [0.1, 0.15) is 0 Å². The summed E-state index contributed by atoms with van der Waals surface area (Å²) in [5, 5.41) is 6.30. The Bertz CT molecular complexity index is 134. The van der Waals surface area contributed by atoms with Crippen molar-refractivity contribution in [3.8, 4) is 0 Å². The van der Waals surface area contributed by atoms with Gasteiger partial charge < -0.3 is 10.6 Å². The summed E-state index contributed by atoms with van der Waals surface area (Å²) >= 11 is 0. The zero-order chi connectivity index (χ0) is 6.97. The first kappa shape index (κ1) is 6.16. The topological polar surface area (TPSA) is 41.1 Å². The molecule has 0 spiro atoms. The van der Waals surface area contributed by atoms with Gasteiger partial charge in [-0.3, -0.25) is 4.79 Å². The van der Waals surface area contributed by atoms with Crippen molar-refractivity contribution in [3.63, 3.8) is 0 Å². The third-order valence-corrected chi connectivity index (χ3v) is 2.31. The minimum absolute atomic E-state index is 0.220. The van der Waals surface area contributed by atoms with E-state index < -0.39 is 0 Å². The van der Waals surface area contributed by atoms with Crippen LogP contribution < -0.4 is 10.6 Å². The predicted molar refractivity (Wildman–Crippen MR) is 37.6 cm³/mol. The number of carbonyl (C=O) groups is 1. The molecule has 0 aromatic heterocycles. The molecule has 0 aromatic carbocycles. The van der Waals surface area contributed by atoms with Gasteiger partial charge in [0.2, 0.25) is 5.91 Å². The Morgan fingerprint density at radius 3 is 2.80 bits per heavy atom. The summed E-state index contributed by atoms with van der Waals surface area (Å²) in [6.45, 7) is 0.969. The summed E-state index contributed by atoms with van der Waals surface area (Å²) in [6.07, 6.45) is 2.99. The third-order valence-electron chi connectivity index (χ3n) is 2.31. The van der Waals surface area contributed by atoms with Gasteiger partial charge in [-0.15, -0.1) is 0 Å². The van der Waals surface area contributed by atoms with E-state index in [9.17, 15) is 4.79 Å². The second-order valence-corrected chi connectivity index (χ2v) is 3.15. The molecule has 10 heavy (non-hydrogen) atoms. The molecule has 1 amide bonds. The monoisotopic (exact) mass is 140 g/mol. The first-order chi connectivity index (χ1) is 4.84. The van der Waals surface area contributed by atoms with Crippen LogP contribution in [0.2, 0.25) is 0 Å². The van der Waals surface area contributed by atoms with Crippen molar-refractivity contribution in [1.29, 1.82) is 0 Å². The lowest BCUT2D eigenvalue weighted by atomic mass is 10.0. The molecule has 2 atom stereocenters. The quantitative estimate of drug-likeness (QED) is 0.482. The molecule has 3 saturated heterocycles. The molecule has 0 unspecified atom stereocenters. The molecule has 3 fully saturated rings. The maximum Gasteiger partial charge on any atom is 0.221 e. The van der Waals surface area contributed by atoms with Crippen LogP contribution >= 0.6 is 0 Å². The molecule has 3 heteroatoms. The van der Waals surface area contributed by atoms with E-state index in [0.29, 0.717) is 18.5 Å². The molecule has 2 N–H and O–H groups in total. The SMILES string of the molecule is O=C1C[C@H]2CC[C@@H](CN2)N1. The first-order valence-electron chi connectivity index (χ1n) is 3.87. The number of piperidine rings is 1. The zero-order valence-electron chi connectivity index (χ0n) is 5.89. The average molecular weight is 140 g/mol. The Balaban J connectivity index is 2.12. The van der Waals surface area contributed by atoms with Crippen molar-refractivity contribution < 1.29 is 4.79 Å². The van der Waals surface area contributed by atoms with E-state index in [1.54, 1.807) is 0 Å². The number of fused-ring (bicyclic) bond motifs is 4. The molecule has 3 aliphatic rings. The van der Waals surface area contributed by atoms with E-state index in [1.165, 1.54) is 0 Å². The maximum absolute atomic E-state index is 11.0. The van der Waals surface area contributed by atoms with Crippen LogP contribution in [0, 0.1) is 0 Å². The summed E-state index contributed by atoms with van der Waals surface area (Å²) in [5.41, 5.74) is 0. The largest absolute Gasteiger partial charge is 0.352 e. The van der Waals surface area contributed by atoms with Gasteiger partial charge in [0, 0.05) is 25.0 Å². The summed E-state index contributed by atoms with van der Waals surface area (Å²) in [5.74, 6) is 0.220. The number of hydrogen-bond donors (Lipinski definition) is 2. The molecule has 56 valence electrons. The van der Waals surface area contributed by atoms with Crippen LogP contribution in [-0.2, 0) is 4.79 Å². The summed E-state index contributed by atoms with van der Waals surface area (Å²) in [7, 11) is 0. The fourth-order valence-corrected chi connectivity index (χ4v) is 1.72. The van der Waals surface area contributed by atoms with Gasteiger partial charge in [-0.2, -0.15) is 0 Å². The highest BCUT2D eigenvalue weighted by Gasteiger charge is 2.27. The van der Waals surface area contributed by atoms with Crippen molar-refractivity contribution >= 4 is 5.91 Å². The third kappa shape index (κ3) is 1.01. The maximum atomic E-state index is 11.0. The average Bonchev–Trinajstić information content (AvgIpc) is 2.17. The van der Waals surface area contributed by atoms with Gasteiger partial charge in [0.25, 0.3) is 0 Å². The molecular weight excluding hydrogens is 128 g/mol. The van der Waals surface area contributed by atoms with Gasteiger partial charge in [-0.25, -0.2) is 0 Å². The molecule has 3 aliphatic heterocycles. The lowest BCUT2D eigenvalue weighted by Gasteiger charge is -2.23. The normalized spacial score (nSPS) is 39.0. The van der Waals surface area contributed by atoms with Gasteiger partial charge in [0.05, 0.1) is 0 Å². The van der Waals surface area contributed by atoms with Gasteiger partial charge in [-0.05, 0) is 12.8 Å². The van der Waals surface area contributed by atoms with Gasteiger partial charge in [-0.1, -0.05) is 0 Å². The van der Waals surface area contributed by atoms with E-state index in [2.05, 4.69) is 10.6 Å². The number of amides is 1. The minimum atomic E-state index is 0.220. The van der Waals surface area contributed by atoms with E-state index in [4.69, 9.17) is 0 Å². The Kier molecular flexibility index (Phi) is 1.38. The molecule has 0 aromatic rings. The lowest BCUT2D eigenvalue weighted by Crippen LogP contribution is -2.42. The number of hydrogen-bond acceptors (Lipinski definition) is 2. The summed E-state index contributed by atoms with van der Waals surface area (Å²) in [6, 6.07) is 0.866. The number of carbonyl (C=O) groups excluding carboxylic acids is 1. The highest BCUT2D eigenvalue weighted by Crippen LogP contribution is 2.14. The summed E-state index contributed by atoms with van der Waals surface area (Å²) < 4.78 is 0. The van der Waals surface area contributed by atoms with Crippen molar-refractivity contribution in [3.05, 3.63) is 0 Å². The predicted octanol–water partition coefficient (Wildman–Crippen LogP) is -0.373. The van der Waals surface area contributed by atoms with Crippen LogP contribution in [0.25, 0.3) is 0 Å². The van der Waals surface area contributed by atoms with Crippen molar-refractivity contribution in [2.24, 2.45) is 0 Å². The highest BCUT2D eigenvalue weighted by atomic mass is 16.1. The minimum Gasteiger partial charge on any atom is -0.352 e. The van der Waals surface area contributed by atoms with E-state index in [1.807, 2.05) is 0 Å². The Morgan fingerprint density at radius 1 is 1.30 bits per heavy atom. The second kappa shape index (κ2) is 2.23. The number of nitrogens with one attached hydrogen (secondary N) is 2. The molecule has 0 aliphatic carbocycles. The fraction of sp³-hybridized carbons (Fsp3) is 0.857. The standard InChI is InChI=1S/C7H12N2O/c10-7-3-5-1-2-6(9-7)4-8-5/h5-6,8H,1-4H2,(H,9,10)/t5-,6+/m1/s1. The Morgan fingerprint density at radius 2 is 2.10 bits per heavy atom. The molecule has 3 rings (SSSR count). The molecule has 3 nitrogen and oxygen atoms in total. The van der Waals surface area contributed by atoms with Crippen molar-refractivity contribution in [1.82, 2.24) is 10.6 Å². The lowest BCUT2D eigenvalue weighted by molar-refractivity contribution is -0.121. The smallest absolute Gasteiger partial charge is 0.221 e. The molecule has 0 radical (unpaired) electrons. The Labute approximate surface area is 60.2 Å². The van der Waals surface area contributed by atoms with Crippen LogP contribution in [0.4, 0.5) is 0 Å². The molecule has 2 bridgehead atoms. The van der Waals surface area contributed by atoms with Crippen LogP contribution in [0.1, 0.15) is 19.3 Å². The van der Waals surface area contributed by atoms with Gasteiger partial charge >= 0.3 is 0 Å². The van der Waals surface area contributed by atoms with Crippen LogP contribution in [0.5, 0.6) is 0 Å². The fourth-order valence-electron chi connectivity index (χ4n) is 1.72. The number of rotatable bonds is 0. The van der Waals surface area contributed by atoms with E-state index >= 15 is 0 Å². The van der Waals surface area contributed by atoms with Crippen molar-refractivity contribution in [2.75, 3.05) is 6.54 Å². The highest BCUT2D eigenvalue weighted by molar-refractivity contribution is 5.77. The van der Waals surface area contributed by atoms with Crippen LogP contribution in [0.3, 0.4) is 0 Å². The van der Waals surface area contributed by atoms with Crippen LogP contribution in [-0.4, -0.2) is 24.5 Å². The van der Waals surface area contributed by atoms with Crippen LogP contribution in [0.15, 0.2) is 0 Å². The van der Waals surface area contributed by atoms with E-state index in [-0.39, 0.29) is 5.91 Å². The van der Waals surface area contributed by atoms with Crippen molar-refractivity contribution in [2.45, 2.75) is 31.3 Å².